The van der Waals surface area contributed by atoms with Gasteiger partial charge < -0.3 is 10.2 Å². The smallest absolute Gasteiger partial charge is 0.135 e. The Morgan fingerprint density at radius 3 is 2.65 bits per heavy atom. The van der Waals surface area contributed by atoms with Gasteiger partial charge >= 0.3 is 0 Å². The van der Waals surface area contributed by atoms with Crippen LogP contribution < -0.4 is 5.73 Å². The van der Waals surface area contributed by atoms with E-state index in [1.807, 2.05) is 37.3 Å². The highest BCUT2D eigenvalue weighted by atomic mass is 79.9. The van der Waals surface area contributed by atoms with Crippen LogP contribution in [0.5, 0.6) is 0 Å². The molecule has 4 heteroatoms. The van der Waals surface area contributed by atoms with Crippen molar-refractivity contribution in [3.8, 4) is 11.3 Å². The van der Waals surface area contributed by atoms with Crippen LogP contribution in [0, 0.1) is 0 Å². The molecular formula is C13H13Br2NO. The van der Waals surface area contributed by atoms with Gasteiger partial charge in [-0.1, -0.05) is 15.9 Å². The molecule has 0 spiro atoms. The van der Waals surface area contributed by atoms with E-state index in [9.17, 15) is 0 Å². The first-order valence-electron chi connectivity index (χ1n) is 5.36. The fourth-order valence-corrected chi connectivity index (χ4v) is 2.88. The summed E-state index contributed by atoms with van der Waals surface area (Å²) in [6.45, 7) is 1.97. The van der Waals surface area contributed by atoms with Gasteiger partial charge in [0.15, 0.2) is 0 Å². The molecule has 2 aromatic rings. The van der Waals surface area contributed by atoms with Gasteiger partial charge in [0, 0.05) is 27.0 Å². The summed E-state index contributed by atoms with van der Waals surface area (Å²) < 4.78 is 7.82. The predicted molar refractivity (Wildman–Crippen MR) is 76.9 cm³/mol. The van der Waals surface area contributed by atoms with Crippen molar-refractivity contribution < 1.29 is 4.42 Å². The summed E-state index contributed by atoms with van der Waals surface area (Å²) in [6.07, 6.45) is 0.758. The standard InChI is InChI=1S/C13H13Br2NO/c1-8(16)6-10-3-5-13(17-10)11-4-2-9(14)7-12(11)15/h2-5,7-8H,6,16H2,1H3. The van der Waals surface area contributed by atoms with Crippen LogP contribution in [0.3, 0.4) is 0 Å². The summed E-state index contributed by atoms with van der Waals surface area (Å²) in [5, 5.41) is 0. The van der Waals surface area contributed by atoms with Crippen molar-refractivity contribution in [2.45, 2.75) is 19.4 Å². The normalized spacial score (nSPS) is 12.7. The highest BCUT2D eigenvalue weighted by Gasteiger charge is 2.09. The lowest BCUT2D eigenvalue weighted by Gasteiger charge is -2.03. The van der Waals surface area contributed by atoms with Gasteiger partial charge in [0.2, 0.25) is 0 Å². The fraction of sp³-hybridized carbons (Fsp3) is 0.231. The van der Waals surface area contributed by atoms with Crippen LogP contribution in [0.4, 0.5) is 0 Å². The molecule has 0 aliphatic heterocycles. The van der Waals surface area contributed by atoms with Crippen LogP contribution in [-0.2, 0) is 6.42 Å². The van der Waals surface area contributed by atoms with E-state index >= 15 is 0 Å². The van der Waals surface area contributed by atoms with E-state index in [-0.39, 0.29) is 6.04 Å². The Morgan fingerprint density at radius 1 is 1.24 bits per heavy atom. The molecule has 1 aromatic carbocycles. The maximum atomic E-state index is 5.78. The summed E-state index contributed by atoms with van der Waals surface area (Å²) in [5.74, 6) is 1.78. The zero-order valence-corrected chi connectivity index (χ0v) is 12.6. The number of hydrogen-bond donors (Lipinski definition) is 1. The maximum Gasteiger partial charge on any atom is 0.135 e. The second kappa shape index (κ2) is 5.38. The zero-order chi connectivity index (χ0) is 12.4. The molecule has 2 rings (SSSR count). The van der Waals surface area contributed by atoms with Crippen LogP contribution in [0.1, 0.15) is 12.7 Å². The molecule has 0 bridgehead atoms. The number of benzene rings is 1. The number of halogens is 2. The highest BCUT2D eigenvalue weighted by molar-refractivity contribution is 9.11. The molecule has 90 valence electrons. The largest absolute Gasteiger partial charge is 0.461 e. The van der Waals surface area contributed by atoms with E-state index in [0.717, 1.165) is 32.5 Å². The van der Waals surface area contributed by atoms with Gasteiger partial charge in [-0.2, -0.15) is 0 Å². The van der Waals surface area contributed by atoms with Crippen LogP contribution in [0.2, 0.25) is 0 Å². The molecule has 1 heterocycles. The summed E-state index contributed by atoms with van der Waals surface area (Å²) >= 11 is 6.96. The van der Waals surface area contributed by atoms with E-state index in [1.165, 1.54) is 0 Å². The van der Waals surface area contributed by atoms with Gasteiger partial charge in [-0.15, -0.1) is 0 Å². The van der Waals surface area contributed by atoms with Crippen molar-refractivity contribution in [3.63, 3.8) is 0 Å². The summed E-state index contributed by atoms with van der Waals surface area (Å²) in [6, 6.07) is 10.1. The maximum absolute atomic E-state index is 5.78. The second-order valence-electron chi connectivity index (χ2n) is 4.07. The molecule has 0 aliphatic rings. The summed E-state index contributed by atoms with van der Waals surface area (Å²) in [4.78, 5) is 0. The lowest BCUT2D eigenvalue weighted by Crippen LogP contribution is -2.17. The first-order valence-corrected chi connectivity index (χ1v) is 6.94. The molecule has 1 unspecified atom stereocenters. The van der Waals surface area contributed by atoms with Crippen LogP contribution >= 0.6 is 31.9 Å². The number of nitrogens with two attached hydrogens (primary N) is 1. The van der Waals surface area contributed by atoms with E-state index in [0.29, 0.717) is 0 Å². The van der Waals surface area contributed by atoms with Gasteiger partial charge in [-0.05, 0) is 53.2 Å². The van der Waals surface area contributed by atoms with Crippen molar-refractivity contribution >= 4 is 31.9 Å². The third-order valence-electron chi connectivity index (χ3n) is 2.38. The predicted octanol–water partition coefficient (Wildman–Crippen LogP) is 4.36. The minimum Gasteiger partial charge on any atom is -0.461 e. The molecule has 1 atom stereocenters. The van der Waals surface area contributed by atoms with E-state index in [4.69, 9.17) is 10.2 Å². The summed E-state index contributed by atoms with van der Waals surface area (Å²) in [7, 11) is 0. The first-order chi connectivity index (χ1) is 8.06. The van der Waals surface area contributed by atoms with Crippen molar-refractivity contribution in [1.29, 1.82) is 0 Å². The lowest BCUT2D eigenvalue weighted by atomic mass is 10.2. The fourth-order valence-electron chi connectivity index (χ4n) is 1.64. The second-order valence-corrected chi connectivity index (χ2v) is 5.84. The van der Waals surface area contributed by atoms with Gasteiger partial charge in [0.25, 0.3) is 0 Å². The van der Waals surface area contributed by atoms with Crippen molar-refractivity contribution in [2.75, 3.05) is 0 Å². The Balaban J connectivity index is 2.30. The average Bonchev–Trinajstić information content (AvgIpc) is 2.65. The molecule has 0 saturated heterocycles. The molecule has 1 aromatic heterocycles. The van der Waals surface area contributed by atoms with Crippen molar-refractivity contribution in [1.82, 2.24) is 0 Å². The monoisotopic (exact) mass is 357 g/mol. The van der Waals surface area contributed by atoms with Crippen LogP contribution in [-0.4, -0.2) is 6.04 Å². The minimum absolute atomic E-state index is 0.113. The zero-order valence-electron chi connectivity index (χ0n) is 9.41. The van der Waals surface area contributed by atoms with Gasteiger partial charge in [0.1, 0.15) is 11.5 Å². The molecule has 0 fully saturated rings. The molecule has 17 heavy (non-hydrogen) atoms. The average molecular weight is 359 g/mol. The molecule has 0 radical (unpaired) electrons. The van der Waals surface area contributed by atoms with E-state index in [1.54, 1.807) is 0 Å². The van der Waals surface area contributed by atoms with Gasteiger partial charge in [-0.25, -0.2) is 0 Å². The third kappa shape index (κ3) is 3.21. The van der Waals surface area contributed by atoms with Gasteiger partial charge in [0.05, 0.1) is 0 Å². The lowest BCUT2D eigenvalue weighted by molar-refractivity contribution is 0.503. The number of furan rings is 1. The molecule has 0 aliphatic carbocycles. The Labute approximate surface area is 117 Å². The topological polar surface area (TPSA) is 39.2 Å². The van der Waals surface area contributed by atoms with E-state index < -0.39 is 0 Å². The Bertz CT molecular complexity index is 520. The minimum atomic E-state index is 0.113. The van der Waals surface area contributed by atoms with E-state index in [2.05, 4.69) is 31.9 Å². The van der Waals surface area contributed by atoms with Crippen molar-refractivity contribution in [2.24, 2.45) is 5.73 Å². The first kappa shape index (κ1) is 12.9. The highest BCUT2D eigenvalue weighted by Crippen LogP contribution is 2.32. The molecular weight excluding hydrogens is 346 g/mol. The van der Waals surface area contributed by atoms with Crippen LogP contribution in [0.15, 0.2) is 43.7 Å². The third-order valence-corrected chi connectivity index (χ3v) is 3.53. The molecule has 2 nitrogen and oxygen atoms in total. The Kier molecular flexibility index (Phi) is 4.07. The number of rotatable bonds is 3. The van der Waals surface area contributed by atoms with Crippen molar-refractivity contribution in [3.05, 3.63) is 45.0 Å². The Hall–Kier alpha value is -0.580. The quantitative estimate of drug-likeness (QED) is 0.885. The number of hydrogen-bond acceptors (Lipinski definition) is 2. The molecule has 0 saturated carbocycles. The Morgan fingerprint density at radius 2 is 2.00 bits per heavy atom. The molecule has 2 N–H and O–H groups in total. The van der Waals surface area contributed by atoms with Crippen LogP contribution in [0.25, 0.3) is 11.3 Å². The van der Waals surface area contributed by atoms with Gasteiger partial charge in [-0.3, -0.25) is 0 Å². The summed E-state index contributed by atoms with van der Waals surface area (Å²) in [5.41, 5.74) is 6.79. The molecule has 0 amide bonds. The SMILES string of the molecule is CC(N)Cc1ccc(-c2ccc(Br)cc2Br)o1.